The Labute approximate surface area is 99.6 Å². The summed E-state index contributed by atoms with van der Waals surface area (Å²) in [5.74, 6) is 0. The minimum absolute atomic E-state index is 0.300. The Balaban J connectivity index is 2.58. The highest BCUT2D eigenvalue weighted by molar-refractivity contribution is 9.10. The van der Waals surface area contributed by atoms with E-state index in [0.717, 1.165) is 11.0 Å². The first-order valence-electron chi connectivity index (χ1n) is 4.95. The molecule has 0 aromatic heterocycles. The molecule has 1 aromatic carbocycles. The summed E-state index contributed by atoms with van der Waals surface area (Å²) in [5, 5.41) is 8.61. The summed E-state index contributed by atoms with van der Waals surface area (Å²) < 4.78 is 1.10. The van der Waals surface area contributed by atoms with Gasteiger partial charge in [-0.1, -0.05) is 28.1 Å². The average molecular weight is 267 g/mol. The summed E-state index contributed by atoms with van der Waals surface area (Å²) in [6, 6.07) is 10.7. The summed E-state index contributed by atoms with van der Waals surface area (Å²) in [6.07, 6.45) is 0.574. The molecule has 0 aliphatic rings. The normalized spacial score (nSPS) is 12.5. The number of nitriles is 1. The van der Waals surface area contributed by atoms with Crippen molar-refractivity contribution in [3.63, 3.8) is 0 Å². The molecule has 15 heavy (non-hydrogen) atoms. The van der Waals surface area contributed by atoms with Crippen molar-refractivity contribution in [3.8, 4) is 6.07 Å². The van der Waals surface area contributed by atoms with Crippen LogP contribution in [0.3, 0.4) is 0 Å². The highest BCUT2D eigenvalue weighted by Gasteiger charge is 2.08. The molecule has 1 rings (SSSR count). The van der Waals surface area contributed by atoms with Gasteiger partial charge in [-0.05, 0) is 31.7 Å². The van der Waals surface area contributed by atoms with E-state index in [9.17, 15) is 0 Å². The lowest BCUT2D eigenvalue weighted by Crippen LogP contribution is -2.28. The summed E-state index contributed by atoms with van der Waals surface area (Å²) in [4.78, 5) is 2.19. The van der Waals surface area contributed by atoms with Crippen molar-refractivity contribution in [2.75, 3.05) is 7.05 Å². The molecule has 0 fully saturated rings. The van der Waals surface area contributed by atoms with Gasteiger partial charge >= 0.3 is 0 Å². The third-order valence-electron chi connectivity index (χ3n) is 2.46. The molecule has 3 heteroatoms. The number of hydrogen-bond acceptors (Lipinski definition) is 2. The molecule has 2 nitrogen and oxygen atoms in total. The van der Waals surface area contributed by atoms with Gasteiger partial charge in [-0.25, -0.2) is 0 Å². The Morgan fingerprint density at radius 3 is 2.87 bits per heavy atom. The maximum atomic E-state index is 8.61. The van der Waals surface area contributed by atoms with Gasteiger partial charge in [-0.2, -0.15) is 5.26 Å². The quantitative estimate of drug-likeness (QED) is 0.837. The van der Waals surface area contributed by atoms with E-state index in [0.29, 0.717) is 12.5 Å². The molecule has 1 atom stereocenters. The first-order valence-corrected chi connectivity index (χ1v) is 5.74. The maximum Gasteiger partial charge on any atom is 0.0638 e. The lowest BCUT2D eigenvalue weighted by molar-refractivity contribution is 0.252. The third kappa shape index (κ3) is 4.03. The molecule has 0 heterocycles. The predicted molar refractivity (Wildman–Crippen MR) is 65.3 cm³/mol. The molecular weight excluding hydrogens is 252 g/mol. The summed E-state index contributed by atoms with van der Waals surface area (Å²) in [7, 11) is 2.04. The van der Waals surface area contributed by atoms with Crippen LogP contribution < -0.4 is 0 Å². The fourth-order valence-corrected chi connectivity index (χ4v) is 1.81. The van der Waals surface area contributed by atoms with Gasteiger partial charge in [-0.15, -0.1) is 0 Å². The van der Waals surface area contributed by atoms with Gasteiger partial charge < -0.3 is 0 Å². The van der Waals surface area contributed by atoms with Crippen LogP contribution in [0, 0.1) is 11.3 Å². The topological polar surface area (TPSA) is 27.0 Å². The van der Waals surface area contributed by atoms with E-state index in [1.807, 2.05) is 19.2 Å². The second kappa shape index (κ2) is 5.89. The number of benzene rings is 1. The van der Waals surface area contributed by atoms with E-state index >= 15 is 0 Å². The standard InChI is InChI=1S/C12H15BrN2/c1-10(6-7-14)15(2)9-11-4-3-5-12(13)8-11/h3-5,8,10H,6,9H2,1-2H3. The van der Waals surface area contributed by atoms with Crippen LogP contribution in [0.5, 0.6) is 0 Å². The van der Waals surface area contributed by atoms with Gasteiger partial charge in [-0.3, -0.25) is 4.90 Å². The van der Waals surface area contributed by atoms with Gasteiger partial charge in [0.1, 0.15) is 0 Å². The molecule has 80 valence electrons. The van der Waals surface area contributed by atoms with Crippen molar-refractivity contribution in [1.29, 1.82) is 5.26 Å². The molecule has 0 saturated carbocycles. The molecule has 0 N–H and O–H groups in total. The van der Waals surface area contributed by atoms with Gasteiger partial charge in [0.05, 0.1) is 12.5 Å². The van der Waals surface area contributed by atoms with Crippen molar-refractivity contribution < 1.29 is 0 Å². The lowest BCUT2D eigenvalue weighted by atomic mass is 10.1. The van der Waals surface area contributed by atoms with Crippen molar-refractivity contribution in [2.45, 2.75) is 25.9 Å². The van der Waals surface area contributed by atoms with Crippen molar-refractivity contribution in [2.24, 2.45) is 0 Å². The fraction of sp³-hybridized carbons (Fsp3) is 0.417. The molecule has 1 aromatic rings. The Morgan fingerprint density at radius 1 is 1.53 bits per heavy atom. The van der Waals surface area contributed by atoms with Crippen LogP contribution in [-0.4, -0.2) is 18.0 Å². The Hall–Kier alpha value is -0.850. The molecular formula is C12H15BrN2. The van der Waals surface area contributed by atoms with Crippen LogP contribution in [0.2, 0.25) is 0 Å². The second-order valence-corrected chi connectivity index (χ2v) is 4.67. The van der Waals surface area contributed by atoms with Crippen molar-refractivity contribution >= 4 is 15.9 Å². The van der Waals surface area contributed by atoms with Crippen LogP contribution in [-0.2, 0) is 6.54 Å². The zero-order valence-electron chi connectivity index (χ0n) is 9.07. The largest absolute Gasteiger partial charge is 0.298 e. The minimum Gasteiger partial charge on any atom is -0.298 e. The second-order valence-electron chi connectivity index (χ2n) is 3.76. The molecule has 0 spiro atoms. The first kappa shape index (κ1) is 12.2. The Bertz CT molecular complexity index is 357. The van der Waals surface area contributed by atoms with E-state index in [1.54, 1.807) is 0 Å². The monoisotopic (exact) mass is 266 g/mol. The zero-order valence-corrected chi connectivity index (χ0v) is 10.7. The summed E-state index contributed by atoms with van der Waals surface area (Å²) >= 11 is 3.45. The van der Waals surface area contributed by atoms with Gasteiger partial charge in [0.25, 0.3) is 0 Å². The minimum atomic E-state index is 0.300. The van der Waals surface area contributed by atoms with Crippen molar-refractivity contribution in [1.82, 2.24) is 4.90 Å². The van der Waals surface area contributed by atoms with Gasteiger partial charge in [0.15, 0.2) is 0 Å². The number of nitrogens with zero attached hydrogens (tertiary/aromatic N) is 2. The van der Waals surface area contributed by atoms with E-state index in [4.69, 9.17) is 5.26 Å². The van der Waals surface area contributed by atoms with E-state index < -0.39 is 0 Å². The predicted octanol–water partition coefficient (Wildman–Crippen LogP) is 3.18. The summed E-state index contributed by atoms with van der Waals surface area (Å²) in [6.45, 7) is 2.95. The van der Waals surface area contributed by atoms with Gasteiger partial charge in [0.2, 0.25) is 0 Å². The molecule has 0 aliphatic heterocycles. The van der Waals surface area contributed by atoms with Crippen molar-refractivity contribution in [3.05, 3.63) is 34.3 Å². The smallest absolute Gasteiger partial charge is 0.0638 e. The lowest BCUT2D eigenvalue weighted by Gasteiger charge is -2.22. The Kier molecular flexibility index (Phi) is 4.80. The van der Waals surface area contributed by atoms with Crippen LogP contribution >= 0.6 is 15.9 Å². The number of halogens is 1. The van der Waals surface area contributed by atoms with Crippen LogP contribution in [0.1, 0.15) is 18.9 Å². The molecule has 0 aliphatic carbocycles. The fourth-order valence-electron chi connectivity index (χ4n) is 1.37. The van der Waals surface area contributed by atoms with E-state index in [-0.39, 0.29) is 0 Å². The molecule has 0 saturated heterocycles. The average Bonchev–Trinajstić information content (AvgIpc) is 2.18. The molecule has 0 radical (unpaired) electrons. The maximum absolute atomic E-state index is 8.61. The van der Waals surface area contributed by atoms with Crippen LogP contribution in [0.4, 0.5) is 0 Å². The molecule has 0 bridgehead atoms. The Morgan fingerprint density at radius 2 is 2.27 bits per heavy atom. The SMILES string of the molecule is CC(CC#N)N(C)Cc1cccc(Br)c1. The van der Waals surface area contributed by atoms with Gasteiger partial charge in [0, 0.05) is 17.1 Å². The first-order chi connectivity index (χ1) is 7.13. The van der Waals surface area contributed by atoms with Crippen LogP contribution in [0.15, 0.2) is 28.7 Å². The van der Waals surface area contributed by atoms with E-state index in [1.165, 1.54) is 5.56 Å². The number of hydrogen-bond donors (Lipinski definition) is 0. The van der Waals surface area contributed by atoms with Crippen LogP contribution in [0.25, 0.3) is 0 Å². The third-order valence-corrected chi connectivity index (χ3v) is 2.95. The summed E-state index contributed by atoms with van der Waals surface area (Å²) in [5.41, 5.74) is 1.26. The highest BCUT2D eigenvalue weighted by atomic mass is 79.9. The highest BCUT2D eigenvalue weighted by Crippen LogP contribution is 2.14. The van der Waals surface area contributed by atoms with E-state index in [2.05, 4.69) is 46.0 Å². The zero-order chi connectivity index (χ0) is 11.3. The number of rotatable bonds is 4. The molecule has 0 amide bonds. The molecule has 1 unspecified atom stereocenters.